The molecule has 2 aromatic heterocycles. The Bertz CT molecular complexity index is 1670. The van der Waals surface area contributed by atoms with Crippen LogP contribution in [0.3, 0.4) is 0 Å². The lowest BCUT2D eigenvalue weighted by atomic mass is 9.96. The van der Waals surface area contributed by atoms with Crippen LogP contribution in [0.5, 0.6) is 0 Å². The second-order valence-corrected chi connectivity index (χ2v) is 8.17. The number of aromatic nitrogens is 2. The summed E-state index contributed by atoms with van der Waals surface area (Å²) in [5.74, 6) is 0. The van der Waals surface area contributed by atoms with Gasteiger partial charge in [0.1, 0.15) is 5.65 Å². The quantitative estimate of drug-likeness (QED) is 0.279. The van der Waals surface area contributed by atoms with Gasteiger partial charge in [-0.2, -0.15) is 0 Å². The van der Waals surface area contributed by atoms with Crippen LogP contribution in [0.4, 0.5) is 0 Å². The predicted octanol–water partition coefficient (Wildman–Crippen LogP) is 8.26. The number of hydrogen-bond donors (Lipinski definition) is 0. The molecule has 4 aromatic carbocycles. The summed E-state index contributed by atoms with van der Waals surface area (Å²) in [7, 11) is 0. The van der Waals surface area contributed by atoms with Crippen LogP contribution in [-0.4, -0.2) is 9.38 Å². The molecule has 0 radical (unpaired) electrons. The molecule has 0 unspecified atom stereocenters. The first-order valence-electron chi connectivity index (χ1n) is 11.1. The molecule has 0 saturated heterocycles. The average Bonchev–Trinajstić information content (AvgIpc) is 3.28. The highest BCUT2D eigenvalue weighted by Crippen LogP contribution is 2.35. The fourth-order valence-corrected chi connectivity index (χ4v) is 4.75. The van der Waals surface area contributed by atoms with Crippen molar-refractivity contribution in [2.24, 2.45) is 0 Å². The maximum absolute atomic E-state index is 5.00. The van der Waals surface area contributed by atoms with Gasteiger partial charge in [0.15, 0.2) is 0 Å². The Labute approximate surface area is 192 Å². The van der Waals surface area contributed by atoms with E-state index in [-0.39, 0.29) is 0 Å². The molecule has 0 aliphatic rings. The van der Waals surface area contributed by atoms with Crippen molar-refractivity contribution in [2.75, 3.05) is 0 Å². The zero-order valence-corrected chi connectivity index (χ0v) is 18.2. The predicted molar refractivity (Wildman–Crippen MR) is 141 cm³/mol. The van der Waals surface area contributed by atoms with Gasteiger partial charge in [0.2, 0.25) is 0 Å². The molecule has 0 fully saturated rings. The third-order valence-electron chi connectivity index (χ3n) is 6.35. The Balaban J connectivity index is 1.59. The Kier molecular flexibility index (Phi) is 4.44. The second-order valence-electron chi connectivity index (χ2n) is 8.17. The van der Waals surface area contributed by atoms with Crippen LogP contribution in [0.25, 0.3) is 61.9 Å². The van der Waals surface area contributed by atoms with Crippen molar-refractivity contribution in [3.8, 4) is 22.3 Å². The fourth-order valence-electron chi connectivity index (χ4n) is 4.75. The van der Waals surface area contributed by atoms with Crippen LogP contribution < -0.4 is 0 Å². The minimum Gasteiger partial charge on any atom is -0.292 e. The highest BCUT2D eigenvalue weighted by atomic mass is 15.0. The molecule has 0 spiro atoms. The summed E-state index contributed by atoms with van der Waals surface area (Å²) in [5, 5.41) is 2.24. The Morgan fingerprint density at radius 3 is 1.97 bits per heavy atom. The summed E-state index contributed by atoms with van der Waals surface area (Å²) >= 11 is 0. The third kappa shape index (κ3) is 3.00. The molecule has 2 heterocycles. The van der Waals surface area contributed by atoms with Gasteiger partial charge in [0.05, 0.1) is 16.7 Å². The third-order valence-corrected chi connectivity index (χ3v) is 6.35. The van der Waals surface area contributed by atoms with E-state index in [0.717, 1.165) is 44.3 Å². The van der Waals surface area contributed by atoms with Gasteiger partial charge in [0.25, 0.3) is 0 Å². The lowest BCUT2D eigenvalue weighted by Gasteiger charge is -2.13. The van der Waals surface area contributed by atoms with E-state index in [1.165, 1.54) is 16.7 Å². The summed E-state index contributed by atoms with van der Waals surface area (Å²) in [6.07, 6.45) is 3.82. The normalized spacial score (nSPS) is 11.3. The molecule has 2 heteroatoms. The highest BCUT2D eigenvalue weighted by molar-refractivity contribution is 6.05. The number of imidazole rings is 1. The molecule has 0 aliphatic carbocycles. The summed E-state index contributed by atoms with van der Waals surface area (Å²) in [6.45, 7) is 8.18. The molecule has 0 saturated carbocycles. The first-order valence-corrected chi connectivity index (χ1v) is 11.1. The van der Waals surface area contributed by atoms with Crippen LogP contribution in [0.1, 0.15) is 11.3 Å². The fraction of sp³-hybridized carbons (Fsp3) is 0. The van der Waals surface area contributed by atoms with E-state index in [9.17, 15) is 0 Å². The monoisotopic (exact) mass is 422 g/mol. The van der Waals surface area contributed by atoms with E-state index < -0.39 is 0 Å². The van der Waals surface area contributed by atoms with E-state index in [0.29, 0.717) is 0 Å². The zero-order chi connectivity index (χ0) is 22.4. The summed E-state index contributed by atoms with van der Waals surface area (Å²) in [4.78, 5) is 5.00. The van der Waals surface area contributed by atoms with Crippen molar-refractivity contribution in [3.63, 3.8) is 0 Å². The van der Waals surface area contributed by atoms with Crippen LogP contribution >= 0.6 is 0 Å². The first-order chi connectivity index (χ1) is 16.3. The van der Waals surface area contributed by atoms with Crippen molar-refractivity contribution in [2.45, 2.75) is 0 Å². The van der Waals surface area contributed by atoms with Gasteiger partial charge >= 0.3 is 0 Å². The second kappa shape index (κ2) is 7.61. The Morgan fingerprint density at radius 2 is 1.24 bits per heavy atom. The molecule has 0 amide bonds. The van der Waals surface area contributed by atoms with Crippen LogP contribution in [0.15, 0.2) is 110 Å². The molecule has 6 aromatic rings. The topological polar surface area (TPSA) is 17.3 Å². The summed E-state index contributed by atoms with van der Waals surface area (Å²) < 4.78 is 2.20. The van der Waals surface area contributed by atoms with Gasteiger partial charge in [-0.05, 0) is 51.9 Å². The maximum Gasteiger partial charge on any atom is 0.146 e. The van der Waals surface area contributed by atoms with Crippen LogP contribution in [-0.2, 0) is 0 Å². The summed E-state index contributed by atoms with van der Waals surface area (Å²) in [6, 6.07) is 34.0. The molecule has 0 N–H and O–H groups in total. The van der Waals surface area contributed by atoms with Gasteiger partial charge in [-0.1, -0.05) is 98.1 Å². The lowest BCUT2D eigenvalue weighted by Crippen LogP contribution is -1.97. The largest absolute Gasteiger partial charge is 0.292 e. The Morgan fingerprint density at radius 1 is 0.606 bits per heavy atom. The number of para-hydroxylation sites is 2. The van der Waals surface area contributed by atoms with Crippen LogP contribution in [0, 0.1) is 0 Å². The van der Waals surface area contributed by atoms with Gasteiger partial charge in [-0.25, -0.2) is 4.98 Å². The molecular formula is C31H22N2. The first kappa shape index (κ1) is 19.3. The van der Waals surface area contributed by atoms with E-state index in [1.54, 1.807) is 0 Å². The molecule has 0 bridgehead atoms. The summed E-state index contributed by atoms with van der Waals surface area (Å²) in [5.41, 5.74) is 9.85. The van der Waals surface area contributed by atoms with E-state index in [4.69, 9.17) is 4.98 Å². The van der Waals surface area contributed by atoms with Crippen molar-refractivity contribution < 1.29 is 0 Å². The minimum atomic E-state index is 0.939. The molecule has 2 nitrogen and oxygen atoms in total. The standard InChI is InChI=1S/C31H22N2/c1-3-25-26-19-18-24(23-16-14-22(15-17-23)21-10-6-5-7-11-21)20-27(26)31-32-28-12-8-9-13-30(28)33(31)29(25)4-2/h3-20H,1-2H2. The number of hydrogen-bond acceptors (Lipinski definition) is 1. The molecule has 0 aliphatic heterocycles. The average molecular weight is 423 g/mol. The number of benzene rings is 4. The van der Waals surface area contributed by atoms with Gasteiger partial charge in [0, 0.05) is 10.9 Å². The van der Waals surface area contributed by atoms with E-state index in [2.05, 4.69) is 96.4 Å². The van der Waals surface area contributed by atoms with Crippen molar-refractivity contribution in [1.82, 2.24) is 9.38 Å². The highest BCUT2D eigenvalue weighted by Gasteiger charge is 2.16. The van der Waals surface area contributed by atoms with Gasteiger partial charge in [-0.15, -0.1) is 0 Å². The van der Waals surface area contributed by atoms with E-state index >= 15 is 0 Å². The SMILES string of the molecule is C=Cc1c(C=C)n2c3ccccc3nc2c2cc(-c3ccc(-c4ccccc4)cc3)ccc12. The van der Waals surface area contributed by atoms with Gasteiger partial charge < -0.3 is 0 Å². The van der Waals surface area contributed by atoms with Crippen molar-refractivity contribution in [1.29, 1.82) is 0 Å². The van der Waals surface area contributed by atoms with Gasteiger partial charge in [-0.3, -0.25) is 4.40 Å². The lowest BCUT2D eigenvalue weighted by molar-refractivity contribution is 1.21. The smallest absolute Gasteiger partial charge is 0.146 e. The molecule has 33 heavy (non-hydrogen) atoms. The van der Waals surface area contributed by atoms with Crippen molar-refractivity contribution in [3.05, 3.63) is 121 Å². The number of pyridine rings is 1. The molecule has 156 valence electrons. The molecule has 0 atom stereocenters. The number of rotatable bonds is 4. The Hall–Kier alpha value is -4.43. The minimum absolute atomic E-state index is 0.939. The molecular weight excluding hydrogens is 400 g/mol. The van der Waals surface area contributed by atoms with Crippen molar-refractivity contribution >= 4 is 39.6 Å². The van der Waals surface area contributed by atoms with Crippen LogP contribution in [0.2, 0.25) is 0 Å². The maximum atomic E-state index is 5.00. The van der Waals surface area contributed by atoms with E-state index in [1.807, 2.05) is 30.4 Å². The molecule has 6 rings (SSSR count). The number of nitrogens with zero attached hydrogens (tertiary/aromatic N) is 2. The zero-order valence-electron chi connectivity index (χ0n) is 18.2. The number of fused-ring (bicyclic) bond motifs is 5.